The fourth-order valence-corrected chi connectivity index (χ4v) is 2.55. The Morgan fingerprint density at radius 1 is 1.28 bits per heavy atom. The van der Waals surface area contributed by atoms with Crippen molar-refractivity contribution in [2.75, 3.05) is 0 Å². The normalized spacial score (nSPS) is 13.2. The van der Waals surface area contributed by atoms with Gasteiger partial charge in [0.1, 0.15) is 15.8 Å². The molecule has 5 heteroatoms. The highest BCUT2D eigenvalue weighted by Gasteiger charge is 2.13. The molecule has 4 nitrogen and oxygen atoms in total. The third-order valence-corrected chi connectivity index (χ3v) is 4.18. The summed E-state index contributed by atoms with van der Waals surface area (Å²) in [5.41, 5.74) is 0. The lowest BCUT2D eigenvalue weighted by molar-refractivity contribution is 0.437. The van der Waals surface area contributed by atoms with Gasteiger partial charge in [-0.15, -0.1) is 21.5 Å². The van der Waals surface area contributed by atoms with E-state index in [1.165, 1.54) is 0 Å². The first-order chi connectivity index (χ1) is 8.56. The Morgan fingerprint density at radius 3 is 2.61 bits per heavy atom. The van der Waals surface area contributed by atoms with E-state index in [4.69, 9.17) is 4.42 Å². The second-order valence-electron chi connectivity index (χ2n) is 4.91. The van der Waals surface area contributed by atoms with E-state index >= 15 is 0 Å². The van der Waals surface area contributed by atoms with Crippen molar-refractivity contribution < 1.29 is 4.42 Å². The molecule has 2 rings (SSSR count). The number of nitrogens with zero attached hydrogens (tertiary/aromatic N) is 3. The van der Waals surface area contributed by atoms with Gasteiger partial charge in [0.15, 0.2) is 5.89 Å². The zero-order valence-corrected chi connectivity index (χ0v) is 12.1. The van der Waals surface area contributed by atoms with E-state index in [9.17, 15) is 0 Å². The number of rotatable bonds is 5. The van der Waals surface area contributed by atoms with E-state index in [-0.39, 0.29) is 0 Å². The Hall–Kier alpha value is -1.23. The SMILES string of the molecule is Cc1ncc(C(C)CCc2nnc(C(C)C)s2)o1. The number of oxazole rings is 1. The van der Waals surface area contributed by atoms with Crippen molar-refractivity contribution in [1.82, 2.24) is 15.2 Å². The van der Waals surface area contributed by atoms with Crippen LogP contribution < -0.4 is 0 Å². The minimum Gasteiger partial charge on any atom is -0.446 e. The summed E-state index contributed by atoms with van der Waals surface area (Å²) in [5, 5.41) is 10.7. The average Bonchev–Trinajstić information content (AvgIpc) is 2.94. The molecule has 0 saturated carbocycles. The molecule has 0 N–H and O–H groups in total. The second-order valence-corrected chi connectivity index (χ2v) is 6.00. The van der Waals surface area contributed by atoms with Gasteiger partial charge in [-0.05, 0) is 6.42 Å². The summed E-state index contributed by atoms with van der Waals surface area (Å²) < 4.78 is 5.53. The quantitative estimate of drug-likeness (QED) is 0.827. The molecular formula is C13H19N3OS. The lowest BCUT2D eigenvalue weighted by Gasteiger charge is -2.05. The van der Waals surface area contributed by atoms with Crippen LogP contribution in [-0.4, -0.2) is 15.2 Å². The summed E-state index contributed by atoms with van der Waals surface area (Å²) in [5.74, 6) is 2.53. The van der Waals surface area contributed by atoms with Gasteiger partial charge in [-0.3, -0.25) is 0 Å². The van der Waals surface area contributed by atoms with Crippen molar-refractivity contribution in [3.63, 3.8) is 0 Å². The van der Waals surface area contributed by atoms with Crippen LogP contribution in [0.3, 0.4) is 0 Å². The van der Waals surface area contributed by atoms with Crippen LogP contribution in [0.1, 0.15) is 60.7 Å². The lowest BCUT2D eigenvalue weighted by Crippen LogP contribution is -1.94. The van der Waals surface area contributed by atoms with Crippen LogP contribution in [0.2, 0.25) is 0 Å². The molecule has 0 bridgehead atoms. The number of hydrogen-bond acceptors (Lipinski definition) is 5. The molecule has 2 aromatic rings. The predicted octanol–water partition coefficient (Wildman–Crippen LogP) is 3.69. The molecule has 0 spiro atoms. The van der Waals surface area contributed by atoms with Crippen molar-refractivity contribution in [2.45, 2.75) is 52.4 Å². The fourth-order valence-electron chi connectivity index (χ4n) is 1.69. The molecule has 98 valence electrons. The monoisotopic (exact) mass is 265 g/mol. The lowest BCUT2D eigenvalue weighted by atomic mass is 10.0. The van der Waals surface area contributed by atoms with Gasteiger partial charge >= 0.3 is 0 Å². The van der Waals surface area contributed by atoms with E-state index in [1.54, 1.807) is 11.3 Å². The Kier molecular flexibility index (Phi) is 4.11. The van der Waals surface area contributed by atoms with E-state index in [1.807, 2.05) is 13.1 Å². The molecule has 0 aromatic carbocycles. The summed E-state index contributed by atoms with van der Waals surface area (Å²) >= 11 is 1.71. The smallest absolute Gasteiger partial charge is 0.191 e. The van der Waals surface area contributed by atoms with Gasteiger partial charge in [-0.25, -0.2) is 4.98 Å². The maximum Gasteiger partial charge on any atom is 0.191 e. The van der Waals surface area contributed by atoms with Gasteiger partial charge in [0.2, 0.25) is 0 Å². The largest absolute Gasteiger partial charge is 0.446 e. The summed E-state index contributed by atoms with van der Waals surface area (Å²) in [4.78, 5) is 4.13. The minimum absolute atomic E-state index is 0.373. The second kappa shape index (κ2) is 5.61. The van der Waals surface area contributed by atoms with Crippen LogP contribution in [0.15, 0.2) is 10.6 Å². The van der Waals surface area contributed by atoms with Gasteiger partial charge in [0.05, 0.1) is 6.20 Å². The van der Waals surface area contributed by atoms with Gasteiger partial charge in [0.25, 0.3) is 0 Å². The zero-order chi connectivity index (χ0) is 13.1. The molecule has 0 amide bonds. The topological polar surface area (TPSA) is 51.8 Å². The van der Waals surface area contributed by atoms with Crippen molar-refractivity contribution in [1.29, 1.82) is 0 Å². The summed E-state index contributed by atoms with van der Waals surface area (Å²) in [6, 6.07) is 0. The van der Waals surface area contributed by atoms with E-state index < -0.39 is 0 Å². The standard InChI is InChI=1S/C13H19N3OS/c1-8(2)13-16-15-12(18-13)6-5-9(3)11-7-14-10(4)17-11/h7-9H,5-6H2,1-4H3. The number of aromatic nitrogens is 3. The van der Waals surface area contributed by atoms with Crippen molar-refractivity contribution >= 4 is 11.3 Å². The molecule has 0 aliphatic heterocycles. The fraction of sp³-hybridized carbons (Fsp3) is 0.615. The van der Waals surface area contributed by atoms with E-state index in [0.29, 0.717) is 11.8 Å². The molecule has 18 heavy (non-hydrogen) atoms. The van der Waals surface area contributed by atoms with Crippen LogP contribution in [0.5, 0.6) is 0 Å². The highest BCUT2D eigenvalue weighted by molar-refractivity contribution is 7.11. The molecule has 0 aliphatic carbocycles. The van der Waals surface area contributed by atoms with Gasteiger partial charge in [0, 0.05) is 25.2 Å². The molecule has 2 heterocycles. The van der Waals surface area contributed by atoms with Crippen LogP contribution >= 0.6 is 11.3 Å². The summed E-state index contributed by atoms with van der Waals surface area (Å²) in [7, 11) is 0. The van der Waals surface area contributed by atoms with Crippen LogP contribution in [0, 0.1) is 6.92 Å². The molecule has 2 aromatic heterocycles. The average molecular weight is 265 g/mol. The van der Waals surface area contributed by atoms with Crippen LogP contribution in [0.4, 0.5) is 0 Å². The first-order valence-corrected chi connectivity index (χ1v) is 7.12. The maximum absolute atomic E-state index is 5.53. The Bertz CT molecular complexity index is 504. The van der Waals surface area contributed by atoms with Crippen LogP contribution in [0.25, 0.3) is 0 Å². The Morgan fingerprint density at radius 2 is 2.06 bits per heavy atom. The van der Waals surface area contributed by atoms with Crippen molar-refractivity contribution in [3.05, 3.63) is 27.9 Å². The zero-order valence-electron chi connectivity index (χ0n) is 11.3. The Labute approximate surface area is 111 Å². The summed E-state index contributed by atoms with van der Waals surface area (Å²) in [6.07, 6.45) is 3.78. The third kappa shape index (κ3) is 3.16. The first-order valence-electron chi connectivity index (χ1n) is 6.31. The highest BCUT2D eigenvalue weighted by Crippen LogP contribution is 2.24. The minimum atomic E-state index is 0.373. The molecular weight excluding hydrogens is 246 g/mol. The molecule has 0 fully saturated rings. The van der Waals surface area contributed by atoms with Crippen molar-refractivity contribution in [3.8, 4) is 0 Å². The Balaban J connectivity index is 1.90. The molecule has 0 aliphatic rings. The first kappa shape index (κ1) is 13.2. The van der Waals surface area contributed by atoms with Gasteiger partial charge in [-0.2, -0.15) is 0 Å². The molecule has 1 atom stereocenters. The van der Waals surface area contributed by atoms with E-state index in [0.717, 1.165) is 34.5 Å². The number of hydrogen-bond donors (Lipinski definition) is 0. The molecule has 1 unspecified atom stereocenters. The molecule has 0 radical (unpaired) electrons. The summed E-state index contributed by atoms with van der Waals surface area (Å²) in [6.45, 7) is 8.31. The predicted molar refractivity (Wildman–Crippen MR) is 72.0 cm³/mol. The van der Waals surface area contributed by atoms with Gasteiger partial charge < -0.3 is 4.42 Å². The van der Waals surface area contributed by atoms with Gasteiger partial charge in [-0.1, -0.05) is 20.8 Å². The third-order valence-electron chi connectivity index (χ3n) is 2.89. The number of aryl methyl sites for hydroxylation is 2. The molecule has 0 saturated heterocycles. The maximum atomic E-state index is 5.53. The van der Waals surface area contributed by atoms with Crippen molar-refractivity contribution in [2.24, 2.45) is 0 Å². The van der Waals surface area contributed by atoms with E-state index in [2.05, 4.69) is 36.0 Å². The highest BCUT2D eigenvalue weighted by atomic mass is 32.1. The van der Waals surface area contributed by atoms with Crippen LogP contribution in [-0.2, 0) is 6.42 Å².